The third-order valence-corrected chi connectivity index (χ3v) is 4.31. The summed E-state index contributed by atoms with van der Waals surface area (Å²) in [7, 11) is 0. The van der Waals surface area contributed by atoms with Crippen LogP contribution in [0.15, 0.2) is 43.0 Å². The largest absolute Gasteiger partial charge is 0.329 e. The van der Waals surface area contributed by atoms with E-state index < -0.39 is 0 Å². The van der Waals surface area contributed by atoms with Gasteiger partial charge in [-0.1, -0.05) is 37.1 Å². The highest BCUT2D eigenvalue weighted by molar-refractivity contribution is 5.90. The highest BCUT2D eigenvalue weighted by Crippen LogP contribution is 2.24. The predicted octanol–water partition coefficient (Wildman–Crippen LogP) is 3.15. The van der Waals surface area contributed by atoms with Crippen LogP contribution in [0.1, 0.15) is 42.1 Å². The molecule has 23 heavy (non-hydrogen) atoms. The highest BCUT2D eigenvalue weighted by atomic mass is 16.2. The number of amides is 1. The zero-order chi connectivity index (χ0) is 16.2. The fourth-order valence-corrected chi connectivity index (χ4v) is 3.18. The number of carbonyl (C=O) groups is 1. The summed E-state index contributed by atoms with van der Waals surface area (Å²) in [5.41, 5.74) is 0.910. The van der Waals surface area contributed by atoms with Gasteiger partial charge in [0.15, 0.2) is 0 Å². The topological polar surface area (TPSA) is 51.0 Å². The molecule has 1 saturated carbocycles. The monoisotopic (exact) mass is 310 g/mol. The van der Waals surface area contributed by atoms with Crippen molar-refractivity contribution >= 4 is 5.91 Å². The number of para-hydroxylation sites is 1. The summed E-state index contributed by atoms with van der Waals surface area (Å²) >= 11 is 0. The fraction of sp³-hybridized carbons (Fsp3) is 0.389. The number of aryl methyl sites for hydroxylation is 1. The maximum Gasteiger partial charge on any atom is 0.294 e. The molecule has 0 unspecified atom stereocenters. The SMILES string of the molecule is C=CCN(C(=O)c1nc(C)n(-c2ccccc2)n1)C1CCCC1. The second kappa shape index (κ2) is 6.77. The van der Waals surface area contributed by atoms with Gasteiger partial charge < -0.3 is 4.90 Å². The van der Waals surface area contributed by atoms with Crippen molar-refractivity contribution in [2.24, 2.45) is 0 Å². The van der Waals surface area contributed by atoms with Crippen molar-refractivity contribution < 1.29 is 4.79 Å². The van der Waals surface area contributed by atoms with Crippen LogP contribution in [0, 0.1) is 6.92 Å². The molecule has 0 saturated heterocycles. The molecule has 1 aromatic carbocycles. The van der Waals surface area contributed by atoms with Gasteiger partial charge in [0.25, 0.3) is 5.91 Å². The molecule has 5 heteroatoms. The number of carbonyl (C=O) groups excluding carboxylic acids is 1. The zero-order valence-corrected chi connectivity index (χ0v) is 13.5. The summed E-state index contributed by atoms with van der Waals surface area (Å²) in [6.07, 6.45) is 6.24. The lowest BCUT2D eigenvalue weighted by Gasteiger charge is -2.26. The Morgan fingerprint density at radius 1 is 1.35 bits per heavy atom. The average molecular weight is 310 g/mol. The second-order valence-corrected chi connectivity index (χ2v) is 5.91. The summed E-state index contributed by atoms with van der Waals surface area (Å²) in [6, 6.07) is 10.0. The van der Waals surface area contributed by atoms with Gasteiger partial charge in [-0.2, -0.15) is 0 Å². The first-order chi connectivity index (χ1) is 11.2. The Labute approximate surface area is 136 Å². The van der Waals surface area contributed by atoms with Gasteiger partial charge in [0, 0.05) is 12.6 Å². The third-order valence-electron chi connectivity index (χ3n) is 4.31. The summed E-state index contributed by atoms with van der Waals surface area (Å²) in [4.78, 5) is 19.1. The first-order valence-corrected chi connectivity index (χ1v) is 8.11. The molecule has 1 fully saturated rings. The van der Waals surface area contributed by atoms with Gasteiger partial charge in [-0.05, 0) is 31.9 Å². The molecular weight excluding hydrogens is 288 g/mol. The number of hydrogen-bond acceptors (Lipinski definition) is 3. The minimum atomic E-state index is -0.102. The van der Waals surface area contributed by atoms with E-state index in [4.69, 9.17) is 0 Å². The summed E-state index contributed by atoms with van der Waals surface area (Å²) in [5.74, 6) is 0.874. The van der Waals surface area contributed by atoms with Crippen LogP contribution in [0.3, 0.4) is 0 Å². The quantitative estimate of drug-likeness (QED) is 0.797. The number of nitrogens with zero attached hydrogens (tertiary/aromatic N) is 4. The maximum atomic E-state index is 12.9. The van der Waals surface area contributed by atoms with E-state index in [2.05, 4.69) is 16.7 Å². The Kier molecular flexibility index (Phi) is 4.55. The van der Waals surface area contributed by atoms with Gasteiger partial charge in [-0.3, -0.25) is 4.79 Å². The van der Waals surface area contributed by atoms with E-state index in [1.807, 2.05) is 42.2 Å². The minimum Gasteiger partial charge on any atom is -0.329 e. The molecule has 120 valence electrons. The number of aromatic nitrogens is 3. The Hall–Kier alpha value is -2.43. The van der Waals surface area contributed by atoms with Gasteiger partial charge in [0.2, 0.25) is 5.82 Å². The normalized spacial score (nSPS) is 14.8. The van der Waals surface area contributed by atoms with Crippen LogP contribution in [-0.2, 0) is 0 Å². The molecule has 0 atom stereocenters. The minimum absolute atomic E-state index is 0.102. The molecule has 0 N–H and O–H groups in total. The van der Waals surface area contributed by atoms with Crippen LogP contribution in [-0.4, -0.2) is 38.2 Å². The molecule has 0 radical (unpaired) electrons. The van der Waals surface area contributed by atoms with Gasteiger partial charge in [0.1, 0.15) is 5.82 Å². The fourth-order valence-electron chi connectivity index (χ4n) is 3.18. The molecule has 1 aliphatic rings. The van der Waals surface area contributed by atoms with Crippen molar-refractivity contribution in [2.45, 2.75) is 38.6 Å². The van der Waals surface area contributed by atoms with Crippen LogP contribution in [0.4, 0.5) is 0 Å². The summed E-state index contributed by atoms with van der Waals surface area (Å²) in [6.45, 7) is 6.19. The molecule has 2 aromatic rings. The average Bonchev–Trinajstić information content (AvgIpc) is 3.22. The van der Waals surface area contributed by atoms with Gasteiger partial charge in [-0.25, -0.2) is 9.67 Å². The number of benzene rings is 1. The van der Waals surface area contributed by atoms with E-state index in [0.717, 1.165) is 18.5 Å². The Bertz CT molecular complexity index is 686. The van der Waals surface area contributed by atoms with Crippen molar-refractivity contribution in [1.29, 1.82) is 0 Å². The lowest BCUT2D eigenvalue weighted by molar-refractivity contribution is 0.0694. The Morgan fingerprint density at radius 3 is 2.70 bits per heavy atom. The lowest BCUT2D eigenvalue weighted by atomic mass is 10.2. The van der Waals surface area contributed by atoms with E-state index in [-0.39, 0.29) is 17.8 Å². The van der Waals surface area contributed by atoms with Gasteiger partial charge in [-0.15, -0.1) is 11.7 Å². The van der Waals surface area contributed by atoms with E-state index in [1.54, 1.807) is 10.8 Å². The van der Waals surface area contributed by atoms with Crippen LogP contribution in [0.5, 0.6) is 0 Å². The van der Waals surface area contributed by atoms with Gasteiger partial charge in [0.05, 0.1) is 5.69 Å². The molecule has 3 rings (SSSR count). The molecule has 1 aliphatic carbocycles. The van der Waals surface area contributed by atoms with Crippen molar-refractivity contribution in [2.75, 3.05) is 6.54 Å². The Balaban J connectivity index is 1.88. The van der Waals surface area contributed by atoms with E-state index in [1.165, 1.54) is 12.8 Å². The molecule has 5 nitrogen and oxygen atoms in total. The van der Waals surface area contributed by atoms with Crippen LogP contribution < -0.4 is 0 Å². The van der Waals surface area contributed by atoms with E-state index >= 15 is 0 Å². The van der Waals surface area contributed by atoms with Crippen molar-refractivity contribution in [3.8, 4) is 5.69 Å². The second-order valence-electron chi connectivity index (χ2n) is 5.91. The number of rotatable bonds is 5. The smallest absolute Gasteiger partial charge is 0.294 e. The summed E-state index contributed by atoms with van der Waals surface area (Å²) < 4.78 is 1.72. The van der Waals surface area contributed by atoms with Crippen molar-refractivity contribution in [3.63, 3.8) is 0 Å². The standard InChI is InChI=1S/C18H22N4O/c1-3-13-21(15-9-7-8-10-15)18(23)17-19-14(2)22(20-17)16-11-5-4-6-12-16/h3-6,11-12,15H,1,7-10,13H2,2H3. The van der Waals surface area contributed by atoms with E-state index in [9.17, 15) is 4.79 Å². The van der Waals surface area contributed by atoms with Crippen LogP contribution in [0.25, 0.3) is 5.69 Å². The zero-order valence-electron chi connectivity index (χ0n) is 13.5. The maximum absolute atomic E-state index is 12.9. The molecule has 1 amide bonds. The first kappa shape index (κ1) is 15.5. The first-order valence-electron chi connectivity index (χ1n) is 8.11. The Morgan fingerprint density at radius 2 is 2.04 bits per heavy atom. The third kappa shape index (κ3) is 3.18. The highest BCUT2D eigenvalue weighted by Gasteiger charge is 2.29. The van der Waals surface area contributed by atoms with E-state index in [0.29, 0.717) is 12.4 Å². The van der Waals surface area contributed by atoms with Crippen molar-refractivity contribution in [1.82, 2.24) is 19.7 Å². The van der Waals surface area contributed by atoms with Gasteiger partial charge >= 0.3 is 0 Å². The number of hydrogen-bond donors (Lipinski definition) is 0. The van der Waals surface area contributed by atoms with Crippen LogP contribution >= 0.6 is 0 Å². The molecule has 1 heterocycles. The molecule has 1 aromatic heterocycles. The predicted molar refractivity (Wildman–Crippen MR) is 89.6 cm³/mol. The lowest BCUT2D eigenvalue weighted by Crippen LogP contribution is -2.39. The summed E-state index contributed by atoms with van der Waals surface area (Å²) in [5, 5.41) is 4.43. The molecule has 0 aliphatic heterocycles. The molecule has 0 spiro atoms. The van der Waals surface area contributed by atoms with Crippen molar-refractivity contribution in [3.05, 3.63) is 54.6 Å². The molecular formula is C18H22N4O. The van der Waals surface area contributed by atoms with Crippen LogP contribution in [0.2, 0.25) is 0 Å². The molecule has 0 bridgehead atoms.